The Bertz CT molecular complexity index is 318. The Balaban J connectivity index is 2.79. The number of rotatable bonds is 3. The molecule has 0 aliphatic heterocycles. The van der Waals surface area contributed by atoms with E-state index >= 15 is 0 Å². The van der Waals surface area contributed by atoms with Crippen LogP contribution in [0.1, 0.15) is 16.7 Å². The summed E-state index contributed by atoms with van der Waals surface area (Å²) in [5, 5.41) is 0. The molecule has 1 aromatic carbocycles. The molecular weight excluding hydrogens is 184 g/mol. The average molecular weight is 197 g/mol. The van der Waals surface area contributed by atoms with Gasteiger partial charge in [0.2, 0.25) is 0 Å². The van der Waals surface area contributed by atoms with Crippen LogP contribution < -0.4 is 0 Å². The standard InChI is InChI=1S/C11H13ClO/c1-8-3-4-10(5-9(8)2)6-11(13)7-12/h3-5H,6-7H2,1-2H3. The van der Waals surface area contributed by atoms with E-state index in [1.807, 2.05) is 25.1 Å². The molecule has 1 nitrogen and oxygen atoms in total. The topological polar surface area (TPSA) is 17.1 Å². The zero-order chi connectivity index (χ0) is 9.84. The van der Waals surface area contributed by atoms with Crippen LogP contribution in [-0.4, -0.2) is 11.7 Å². The van der Waals surface area contributed by atoms with Crippen molar-refractivity contribution in [2.75, 3.05) is 5.88 Å². The van der Waals surface area contributed by atoms with E-state index in [9.17, 15) is 4.79 Å². The number of carbonyl (C=O) groups is 1. The molecule has 13 heavy (non-hydrogen) atoms. The molecule has 2 heteroatoms. The van der Waals surface area contributed by atoms with E-state index in [1.54, 1.807) is 0 Å². The zero-order valence-electron chi connectivity index (χ0n) is 7.93. The number of hydrogen-bond donors (Lipinski definition) is 0. The summed E-state index contributed by atoms with van der Waals surface area (Å²) in [6.07, 6.45) is 0.449. The van der Waals surface area contributed by atoms with Crippen LogP contribution in [0.5, 0.6) is 0 Å². The largest absolute Gasteiger partial charge is 0.298 e. The molecule has 70 valence electrons. The van der Waals surface area contributed by atoms with Gasteiger partial charge in [-0.05, 0) is 30.5 Å². The molecule has 1 aromatic rings. The van der Waals surface area contributed by atoms with Crippen LogP contribution in [0, 0.1) is 13.8 Å². The number of hydrogen-bond acceptors (Lipinski definition) is 1. The first-order chi connectivity index (χ1) is 6.13. The summed E-state index contributed by atoms with van der Waals surface area (Å²) in [6, 6.07) is 6.05. The van der Waals surface area contributed by atoms with Crippen molar-refractivity contribution in [2.45, 2.75) is 20.3 Å². The van der Waals surface area contributed by atoms with Crippen molar-refractivity contribution in [1.29, 1.82) is 0 Å². The summed E-state index contributed by atoms with van der Waals surface area (Å²) in [6.45, 7) is 4.10. The van der Waals surface area contributed by atoms with Crippen molar-refractivity contribution in [3.63, 3.8) is 0 Å². The van der Waals surface area contributed by atoms with Crippen LogP contribution >= 0.6 is 11.6 Å². The van der Waals surface area contributed by atoms with Gasteiger partial charge >= 0.3 is 0 Å². The molecule has 0 amide bonds. The Morgan fingerprint density at radius 2 is 2.00 bits per heavy atom. The van der Waals surface area contributed by atoms with Gasteiger partial charge in [-0.25, -0.2) is 0 Å². The number of ketones is 1. The number of halogens is 1. The Morgan fingerprint density at radius 3 is 2.54 bits per heavy atom. The highest BCUT2D eigenvalue weighted by Gasteiger charge is 2.02. The predicted molar refractivity (Wildman–Crippen MR) is 55.3 cm³/mol. The highest BCUT2D eigenvalue weighted by Crippen LogP contribution is 2.10. The van der Waals surface area contributed by atoms with E-state index in [4.69, 9.17) is 11.6 Å². The summed E-state index contributed by atoms with van der Waals surface area (Å²) in [5.74, 6) is 0.178. The number of benzene rings is 1. The van der Waals surface area contributed by atoms with Crippen molar-refractivity contribution < 1.29 is 4.79 Å². The molecule has 0 saturated carbocycles. The molecule has 0 aliphatic rings. The lowest BCUT2D eigenvalue weighted by Crippen LogP contribution is -2.03. The lowest BCUT2D eigenvalue weighted by molar-refractivity contribution is -0.116. The van der Waals surface area contributed by atoms with Gasteiger partial charge in [-0.15, -0.1) is 11.6 Å². The van der Waals surface area contributed by atoms with Crippen LogP contribution in [0.2, 0.25) is 0 Å². The van der Waals surface area contributed by atoms with Gasteiger partial charge in [0.05, 0.1) is 5.88 Å². The van der Waals surface area contributed by atoms with Crippen LogP contribution in [0.4, 0.5) is 0 Å². The molecule has 0 fully saturated rings. The lowest BCUT2D eigenvalue weighted by atomic mass is 10.0. The van der Waals surface area contributed by atoms with Crippen molar-refractivity contribution >= 4 is 17.4 Å². The Kier molecular flexibility index (Phi) is 3.49. The average Bonchev–Trinajstić information content (AvgIpc) is 2.11. The second-order valence-corrected chi connectivity index (χ2v) is 3.53. The van der Waals surface area contributed by atoms with Gasteiger partial charge in [-0.1, -0.05) is 18.2 Å². The first kappa shape index (κ1) is 10.3. The predicted octanol–water partition coefficient (Wildman–Crippen LogP) is 2.65. The Morgan fingerprint density at radius 1 is 1.31 bits per heavy atom. The molecule has 0 bridgehead atoms. The van der Waals surface area contributed by atoms with Crippen molar-refractivity contribution in [2.24, 2.45) is 0 Å². The fourth-order valence-corrected chi connectivity index (χ4v) is 1.28. The highest BCUT2D eigenvalue weighted by atomic mass is 35.5. The summed E-state index contributed by atoms with van der Waals surface area (Å²) < 4.78 is 0. The van der Waals surface area contributed by atoms with Gasteiger partial charge in [0.25, 0.3) is 0 Å². The third-order valence-electron chi connectivity index (χ3n) is 2.12. The van der Waals surface area contributed by atoms with Gasteiger partial charge in [0.1, 0.15) is 0 Å². The molecule has 0 N–H and O–H groups in total. The monoisotopic (exact) mass is 196 g/mol. The van der Waals surface area contributed by atoms with Crippen LogP contribution in [0.15, 0.2) is 18.2 Å². The Labute approximate surface area is 83.7 Å². The molecule has 0 unspecified atom stereocenters. The highest BCUT2D eigenvalue weighted by molar-refractivity contribution is 6.27. The third kappa shape index (κ3) is 2.85. The normalized spacial score (nSPS) is 10.1. The molecule has 1 rings (SSSR count). The maximum absolute atomic E-state index is 11.0. The van der Waals surface area contributed by atoms with Gasteiger partial charge in [0.15, 0.2) is 5.78 Å². The van der Waals surface area contributed by atoms with E-state index in [0.29, 0.717) is 6.42 Å². The Hall–Kier alpha value is -0.820. The molecule has 0 aliphatic carbocycles. The van der Waals surface area contributed by atoms with Crippen LogP contribution in [0.3, 0.4) is 0 Å². The van der Waals surface area contributed by atoms with Crippen molar-refractivity contribution in [1.82, 2.24) is 0 Å². The number of aryl methyl sites for hydroxylation is 2. The van der Waals surface area contributed by atoms with E-state index < -0.39 is 0 Å². The first-order valence-electron chi connectivity index (χ1n) is 4.27. The van der Waals surface area contributed by atoms with Gasteiger partial charge in [0, 0.05) is 6.42 Å². The van der Waals surface area contributed by atoms with Crippen molar-refractivity contribution in [3.05, 3.63) is 34.9 Å². The molecule has 0 atom stereocenters. The maximum Gasteiger partial charge on any atom is 0.151 e. The minimum atomic E-state index is 0.0740. The fraction of sp³-hybridized carbons (Fsp3) is 0.364. The zero-order valence-corrected chi connectivity index (χ0v) is 8.69. The lowest BCUT2D eigenvalue weighted by Gasteiger charge is -2.03. The van der Waals surface area contributed by atoms with E-state index in [-0.39, 0.29) is 11.7 Å². The SMILES string of the molecule is Cc1ccc(CC(=O)CCl)cc1C. The fourth-order valence-electron chi connectivity index (χ4n) is 1.19. The van der Waals surface area contributed by atoms with Gasteiger partial charge < -0.3 is 0 Å². The third-order valence-corrected chi connectivity index (χ3v) is 2.42. The minimum Gasteiger partial charge on any atom is -0.298 e. The van der Waals surface area contributed by atoms with E-state index in [0.717, 1.165) is 5.56 Å². The quantitative estimate of drug-likeness (QED) is 0.680. The number of Topliss-reactive ketones (excluding diaryl/α,β-unsaturated/α-hetero) is 1. The number of alkyl halides is 1. The summed E-state index contributed by atoms with van der Waals surface area (Å²) in [7, 11) is 0. The van der Waals surface area contributed by atoms with Crippen LogP contribution in [-0.2, 0) is 11.2 Å². The summed E-state index contributed by atoms with van der Waals surface area (Å²) in [4.78, 5) is 11.0. The molecule has 0 spiro atoms. The summed E-state index contributed by atoms with van der Waals surface area (Å²) in [5.41, 5.74) is 3.52. The van der Waals surface area contributed by atoms with Gasteiger partial charge in [-0.3, -0.25) is 4.79 Å². The molecule has 0 radical (unpaired) electrons. The molecule has 0 heterocycles. The second-order valence-electron chi connectivity index (χ2n) is 3.27. The second kappa shape index (κ2) is 4.43. The van der Waals surface area contributed by atoms with Crippen molar-refractivity contribution in [3.8, 4) is 0 Å². The van der Waals surface area contributed by atoms with E-state index in [2.05, 4.69) is 6.92 Å². The molecule has 0 aromatic heterocycles. The smallest absolute Gasteiger partial charge is 0.151 e. The minimum absolute atomic E-state index is 0.0740. The number of carbonyl (C=O) groups excluding carboxylic acids is 1. The van der Waals surface area contributed by atoms with E-state index in [1.165, 1.54) is 11.1 Å². The molecular formula is C11H13ClO. The maximum atomic E-state index is 11.0. The van der Waals surface area contributed by atoms with Crippen LogP contribution in [0.25, 0.3) is 0 Å². The van der Waals surface area contributed by atoms with Gasteiger partial charge in [-0.2, -0.15) is 0 Å². The summed E-state index contributed by atoms with van der Waals surface area (Å²) >= 11 is 5.42. The first-order valence-corrected chi connectivity index (χ1v) is 4.80. The molecule has 0 saturated heterocycles.